The third kappa shape index (κ3) is 2.16. The molecular weight excluding hydrogens is 275 g/mol. The molecule has 0 heterocycles. The Morgan fingerprint density at radius 3 is 1.64 bits per heavy atom. The van der Waals surface area contributed by atoms with Crippen molar-refractivity contribution in [2.75, 3.05) is 0 Å². The summed E-state index contributed by atoms with van der Waals surface area (Å²) in [6, 6.07) is 11.2. The first-order chi connectivity index (χ1) is 6.49. The van der Waals surface area contributed by atoms with Gasteiger partial charge in [-0.15, -0.1) is 0 Å². The van der Waals surface area contributed by atoms with Crippen LogP contribution in [0.25, 0.3) is 0 Å². The Morgan fingerprint density at radius 1 is 0.857 bits per heavy atom. The molecule has 0 unspecified atom stereocenters. The molecule has 0 aromatic heterocycles. The van der Waals surface area contributed by atoms with Gasteiger partial charge in [-0.2, -0.15) is 0 Å². The molecule has 0 nitrogen and oxygen atoms in total. The van der Waals surface area contributed by atoms with Crippen LogP contribution in [0.1, 0.15) is 27.7 Å². The first-order valence-electron chi connectivity index (χ1n) is 5.55. The number of hydrogen-bond donors (Lipinski definition) is 0. The van der Waals surface area contributed by atoms with E-state index >= 15 is 0 Å². The fourth-order valence-electron chi connectivity index (χ4n) is 2.13. The maximum atomic E-state index is 2.58. The van der Waals surface area contributed by atoms with Crippen LogP contribution in [0.2, 0.25) is 12.8 Å². The van der Waals surface area contributed by atoms with Crippen molar-refractivity contribution in [3.05, 3.63) is 30.3 Å². The first-order valence-corrected chi connectivity index (χ1v) is 13.1. The Balaban J connectivity index is 3.13. The van der Waals surface area contributed by atoms with Crippen LogP contribution < -0.4 is 3.58 Å². The molecule has 1 heteroatoms. The second-order valence-corrected chi connectivity index (χ2v) is 20.5. The average Bonchev–Trinajstić information content (AvgIpc) is 2.17. The van der Waals surface area contributed by atoms with Gasteiger partial charge >= 0.3 is 92.8 Å². The third-order valence-electron chi connectivity index (χ3n) is 3.79. The molecule has 14 heavy (non-hydrogen) atoms. The summed E-state index contributed by atoms with van der Waals surface area (Å²) in [7, 11) is 0. The van der Waals surface area contributed by atoms with E-state index in [-0.39, 0.29) is 0 Å². The van der Waals surface area contributed by atoms with Gasteiger partial charge in [-0.3, -0.25) is 0 Å². The molecule has 0 bridgehead atoms. The molecule has 1 aromatic carbocycles. The minimum atomic E-state index is -2.09. The summed E-state index contributed by atoms with van der Waals surface area (Å²) < 4.78 is 3.44. The van der Waals surface area contributed by atoms with E-state index in [1.165, 1.54) is 0 Å². The third-order valence-corrected chi connectivity index (χ3v) is 22.0. The number of rotatable bonds is 3. The zero-order valence-corrected chi connectivity index (χ0v) is 12.9. The second-order valence-electron chi connectivity index (χ2n) is 4.96. The average molecular weight is 297 g/mol. The van der Waals surface area contributed by atoms with Crippen LogP contribution in [0.5, 0.6) is 0 Å². The van der Waals surface area contributed by atoms with Gasteiger partial charge in [0.05, 0.1) is 0 Å². The molecule has 0 N–H and O–H groups in total. The van der Waals surface area contributed by atoms with Gasteiger partial charge in [-0.1, -0.05) is 0 Å². The quantitative estimate of drug-likeness (QED) is 0.745. The summed E-state index contributed by atoms with van der Waals surface area (Å²) >= 11 is -2.09. The van der Waals surface area contributed by atoms with Crippen molar-refractivity contribution in [1.29, 1.82) is 0 Å². The van der Waals surface area contributed by atoms with E-state index in [0.717, 1.165) is 7.87 Å². The van der Waals surface area contributed by atoms with Gasteiger partial charge in [0, 0.05) is 0 Å². The van der Waals surface area contributed by atoms with Crippen LogP contribution in [-0.2, 0) is 0 Å². The summed E-state index contributed by atoms with van der Waals surface area (Å²) in [5.74, 6) is 0. The molecule has 0 saturated carbocycles. The Kier molecular flexibility index (Phi) is 4.05. The topological polar surface area (TPSA) is 0 Å². The molecule has 78 valence electrons. The second kappa shape index (κ2) is 4.69. The van der Waals surface area contributed by atoms with E-state index in [9.17, 15) is 0 Å². The van der Waals surface area contributed by atoms with Crippen LogP contribution in [-0.4, -0.2) is 18.4 Å². The summed E-state index contributed by atoms with van der Waals surface area (Å²) in [6.07, 6.45) is 0. The molecule has 0 saturated heterocycles. The standard InChI is InChI=1S/C6H5.2C3H7.CH3.Sn/c1-2-4-6-5-3-1;2*1-3-2;;/h1-5H;2*3H,1-2H3;1H3;. The van der Waals surface area contributed by atoms with Crippen molar-refractivity contribution in [2.24, 2.45) is 0 Å². The fraction of sp³-hybridized carbons (Fsp3) is 0.538. The molecule has 0 aliphatic heterocycles. The van der Waals surface area contributed by atoms with E-state index in [1.807, 2.05) is 0 Å². The van der Waals surface area contributed by atoms with Crippen LogP contribution in [0.15, 0.2) is 30.3 Å². The van der Waals surface area contributed by atoms with E-state index in [4.69, 9.17) is 0 Å². The predicted octanol–water partition coefficient (Wildman–Crippen LogP) is 3.79. The van der Waals surface area contributed by atoms with E-state index in [0.29, 0.717) is 0 Å². The molecule has 0 spiro atoms. The molecule has 1 rings (SSSR count). The Labute approximate surface area is 92.6 Å². The summed E-state index contributed by atoms with van der Waals surface area (Å²) in [6.45, 7) is 9.62. The summed E-state index contributed by atoms with van der Waals surface area (Å²) in [5, 5.41) is 0. The number of benzene rings is 1. The molecule has 0 atom stereocenters. The normalized spacial score (nSPS) is 12.5. The molecule has 0 aliphatic carbocycles. The van der Waals surface area contributed by atoms with Gasteiger partial charge in [0.15, 0.2) is 0 Å². The molecule has 0 fully saturated rings. The van der Waals surface area contributed by atoms with Gasteiger partial charge in [-0.05, 0) is 0 Å². The van der Waals surface area contributed by atoms with Gasteiger partial charge in [0.1, 0.15) is 0 Å². The molecule has 0 amide bonds. The zero-order valence-electron chi connectivity index (χ0n) is 10.0. The molecule has 1 aromatic rings. The van der Waals surface area contributed by atoms with Crippen molar-refractivity contribution in [2.45, 2.75) is 40.5 Å². The van der Waals surface area contributed by atoms with Gasteiger partial charge in [0.25, 0.3) is 0 Å². The van der Waals surface area contributed by atoms with Gasteiger partial charge in [-0.25, -0.2) is 0 Å². The number of hydrogen-bond acceptors (Lipinski definition) is 0. The Morgan fingerprint density at radius 2 is 1.29 bits per heavy atom. The maximum absolute atomic E-state index is 2.58. The minimum absolute atomic E-state index is 0.881. The summed E-state index contributed by atoms with van der Waals surface area (Å²) in [4.78, 5) is 2.58. The SMILES string of the molecule is C[CH](C)[Sn]([CH3])([c]1ccccc1)[CH](C)C. The van der Waals surface area contributed by atoms with E-state index in [1.54, 1.807) is 3.58 Å². The predicted molar refractivity (Wildman–Crippen MR) is 67.9 cm³/mol. The van der Waals surface area contributed by atoms with Crippen LogP contribution in [0.3, 0.4) is 0 Å². The molecule has 0 radical (unpaired) electrons. The molecule has 0 aliphatic rings. The Hall–Kier alpha value is 0.0187. The van der Waals surface area contributed by atoms with Gasteiger partial charge < -0.3 is 0 Å². The van der Waals surface area contributed by atoms with Crippen molar-refractivity contribution < 1.29 is 0 Å². The van der Waals surface area contributed by atoms with E-state index < -0.39 is 18.4 Å². The van der Waals surface area contributed by atoms with Crippen LogP contribution in [0.4, 0.5) is 0 Å². The van der Waals surface area contributed by atoms with Crippen molar-refractivity contribution in [1.82, 2.24) is 0 Å². The van der Waals surface area contributed by atoms with Crippen molar-refractivity contribution in [3.8, 4) is 0 Å². The van der Waals surface area contributed by atoms with Crippen LogP contribution >= 0.6 is 0 Å². The zero-order chi connectivity index (χ0) is 10.8. The summed E-state index contributed by atoms with van der Waals surface area (Å²) in [5.41, 5.74) is 0. The Bertz CT molecular complexity index is 267. The van der Waals surface area contributed by atoms with Crippen LogP contribution in [0, 0.1) is 0 Å². The van der Waals surface area contributed by atoms with Crippen molar-refractivity contribution in [3.63, 3.8) is 0 Å². The first kappa shape index (κ1) is 12.1. The fourth-order valence-corrected chi connectivity index (χ4v) is 12.3. The van der Waals surface area contributed by atoms with E-state index in [2.05, 4.69) is 63.0 Å². The van der Waals surface area contributed by atoms with Gasteiger partial charge in [0.2, 0.25) is 0 Å². The molecular formula is C13H22Sn. The van der Waals surface area contributed by atoms with Crippen molar-refractivity contribution >= 4 is 22.0 Å². The monoisotopic (exact) mass is 298 g/mol.